The van der Waals surface area contributed by atoms with Gasteiger partial charge in [0.15, 0.2) is 0 Å². The van der Waals surface area contributed by atoms with Gasteiger partial charge in [0.1, 0.15) is 11.3 Å². The van der Waals surface area contributed by atoms with Crippen molar-refractivity contribution in [1.29, 1.82) is 0 Å². The maximum Gasteiger partial charge on any atom is 0.513 e. The number of unbranched alkanes of at least 4 members (excludes halogenated alkanes) is 13. The van der Waals surface area contributed by atoms with Crippen LogP contribution in [0.25, 0.3) is 0 Å². The number of hydrogen-bond donors (Lipinski definition) is 0. The largest absolute Gasteiger partial charge is 0.513 e. The SMILES string of the molecule is CCCCCCCCCCCCCCCCOC(=O)Oc1ccccc1C(=O)OC. The molecule has 0 spiro atoms. The van der Waals surface area contributed by atoms with Crippen LogP contribution in [0.4, 0.5) is 4.79 Å². The lowest BCUT2D eigenvalue weighted by Gasteiger charge is -2.09. The number of ether oxygens (including phenoxy) is 3. The average Bonchev–Trinajstić information content (AvgIpc) is 2.76. The van der Waals surface area contributed by atoms with E-state index in [1.165, 1.54) is 84.2 Å². The van der Waals surface area contributed by atoms with E-state index in [4.69, 9.17) is 9.47 Å². The molecule has 0 heterocycles. The lowest BCUT2D eigenvalue weighted by Crippen LogP contribution is -2.14. The second-order valence-electron chi connectivity index (χ2n) is 7.78. The Morgan fingerprint density at radius 3 is 1.77 bits per heavy atom. The van der Waals surface area contributed by atoms with Crippen molar-refractivity contribution in [1.82, 2.24) is 0 Å². The highest BCUT2D eigenvalue weighted by Gasteiger charge is 2.15. The predicted octanol–water partition coefficient (Wildman–Crippen LogP) is 7.47. The molecule has 0 amide bonds. The maximum absolute atomic E-state index is 11.8. The second kappa shape index (κ2) is 17.8. The van der Waals surface area contributed by atoms with Crippen LogP contribution in [0.1, 0.15) is 107 Å². The molecule has 1 rings (SSSR count). The molecule has 5 heteroatoms. The van der Waals surface area contributed by atoms with Gasteiger partial charge in [0.2, 0.25) is 0 Å². The summed E-state index contributed by atoms with van der Waals surface area (Å²) in [5, 5.41) is 0. The fourth-order valence-corrected chi connectivity index (χ4v) is 3.41. The standard InChI is InChI=1S/C25H40O5/c1-3-4-5-6-7-8-9-10-11-12-13-14-15-18-21-29-25(27)30-23-20-17-16-19-22(23)24(26)28-2/h16-17,19-20H,3-15,18,21H2,1-2H3. The van der Waals surface area contributed by atoms with E-state index in [9.17, 15) is 9.59 Å². The van der Waals surface area contributed by atoms with Crippen LogP contribution in [0.2, 0.25) is 0 Å². The number of para-hydroxylation sites is 1. The van der Waals surface area contributed by atoms with E-state index in [-0.39, 0.29) is 11.3 Å². The molecule has 0 N–H and O–H groups in total. The van der Waals surface area contributed by atoms with Crippen molar-refractivity contribution in [2.75, 3.05) is 13.7 Å². The quantitative estimate of drug-likeness (QED) is 0.149. The van der Waals surface area contributed by atoms with Crippen molar-refractivity contribution in [3.8, 4) is 5.75 Å². The first-order valence-electron chi connectivity index (χ1n) is 11.7. The number of esters is 1. The third kappa shape index (κ3) is 12.5. The molecule has 30 heavy (non-hydrogen) atoms. The molecule has 0 aromatic heterocycles. The molecule has 0 fully saturated rings. The third-order valence-electron chi connectivity index (χ3n) is 5.20. The fraction of sp³-hybridized carbons (Fsp3) is 0.680. The lowest BCUT2D eigenvalue weighted by atomic mass is 10.0. The van der Waals surface area contributed by atoms with Gasteiger partial charge in [0.05, 0.1) is 13.7 Å². The number of rotatable bonds is 17. The number of carbonyl (C=O) groups is 2. The lowest BCUT2D eigenvalue weighted by molar-refractivity contribution is 0.0594. The summed E-state index contributed by atoms with van der Waals surface area (Å²) in [5.74, 6) is -0.402. The van der Waals surface area contributed by atoms with Gasteiger partial charge >= 0.3 is 12.1 Å². The van der Waals surface area contributed by atoms with Crippen LogP contribution in [-0.4, -0.2) is 25.8 Å². The van der Waals surface area contributed by atoms with Crippen LogP contribution < -0.4 is 4.74 Å². The molecular formula is C25H40O5. The molecule has 1 aromatic rings. The van der Waals surface area contributed by atoms with Crippen molar-refractivity contribution in [2.45, 2.75) is 96.8 Å². The Morgan fingerprint density at radius 1 is 0.733 bits per heavy atom. The smallest absolute Gasteiger partial charge is 0.465 e. The molecule has 0 aliphatic rings. The summed E-state index contributed by atoms with van der Waals surface area (Å²) in [4.78, 5) is 23.5. The monoisotopic (exact) mass is 420 g/mol. The minimum atomic E-state index is -0.791. The Hall–Kier alpha value is -2.04. The number of hydrogen-bond acceptors (Lipinski definition) is 5. The summed E-state index contributed by atoms with van der Waals surface area (Å²) < 4.78 is 14.9. The summed E-state index contributed by atoms with van der Waals surface area (Å²) in [5.41, 5.74) is 0.202. The molecule has 0 unspecified atom stereocenters. The molecule has 0 aliphatic heterocycles. The highest BCUT2D eigenvalue weighted by molar-refractivity contribution is 5.93. The first-order chi connectivity index (χ1) is 14.7. The summed E-state index contributed by atoms with van der Waals surface area (Å²) in [6.45, 7) is 2.59. The van der Waals surface area contributed by atoms with E-state index in [2.05, 4.69) is 11.7 Å². The van der Waals surface area contributed by atoms with Crippen molar-refractivity contribution in [3.05, 3.63) is 29.8 Å². The Bertz CT molecular complexity index is 585. The normalized spacial score (nSPS) is 10.6. The average molecular weight is 421 g/mol. The van der Waals surface area contributed by atoms with Crippen LogP contribution in [-0.2, 0) is 9.47 Å². The van der Waals surface area contributed by atoms with Gasteiger partial charge in [-0.25, -0.2) is 9.59 Å². The summed E-state index contributed by atoms with van der Waals surface area (Å²) in [6, 6.07) is 6.45. The molecule has 0 bridgehead atoms. The molecular weight excluding hydrogens is 380 g/mol. The molecule has 0 saturated heterocycles. The van der Waals surface area contributed by atoms with Crippen molar-refractivity contribution < 1.29 is 23.8 Å². The number of carbonyl (C=O) groups excluding carboxylic acids is 2. The van der Waals surface area contributed by atoms with Crippen LogP contribution in [0.3, 0.4) is 0 Å². The molecule has 170 valence electrons. The zero-order valence-corrected chi connectivity index (χ0v) is 19.0. The van der Waals surface area contributed by atoms with Crippen LogP contribution >= 0.6 is 0 Å². The molecule has 0 aliphatic carbocycles. The minimum absolute atomic E-state index is 0.148. The van der Waals surface area contributed by atoms with Crippen LogP contribution in [0, 0.1) is 0 Å². The third-order valence-corrected chi connectivity index (χ3v) is 5.20. The number of methoxy groups -OCH3 is 1. The Morgan fingerprint density at radius 2 is 1.23 bits per heavy atom. The van der Waals surface area contributed by atoms with Crippen molar-refractivity contribution in [2.24, 2.45) is 0 Å². The van der Waals surface area contributed by atoms with Crippen molar-refractivity contribution in [3.63, 3.8) is 0 Å². The maximum atomic E-state index is 11.8. The number of benzene rings is 1. The van der Waals surface area contributed by atoms with Gasteiger partial charge in [-0.3, -0.25) is 0 Å². The molecule has 0 radical (unpaired) electrons. The summed E-state index contributed by atoms with van der Waals surface area (Å²) in [6.07, 6.45) is 17.1. The van der Waals surface area contributed by atoms with Gasteiger partial charge in [-0.1, -0.05) is 103 Å². The van der Waals surface area contributed by atoms with Gasteiger partial charge in [-0.15, -0.1) is 0 Å². The van der Waals surface area contributed by atoms with Crippen LogP contribution in [0.15, 0.2) is 24.3 Å². The van der Waals surface area contributed by atoms with E-state index in [1.807, 2.05) is 0 Å². The molecule has 5 nitrogen and oxygen atoms in total. The molecule has 0 saturated carbocycles. The second-order valence-corrected chi connectivity index (χ2v) is 7.78. The van der Waals surface area contributed by atoms with E-state index in [0.29, 0.717) is 6.61 Å². The van der Waals surface area contributed by atoms with Gasteiger partial charge in [-0.2, -0.15) is 0 Å². The van der Waals surface area contributed by atoms with Gasteiger partial charge in [0, 0.05) is 0 Å². The van der Waals surface area contributed by atoms with Gasteiger partial charge < -0.3 is 14.2 Å². The zero-order valence-electron chi connectivity index (χ0n) is 19.0. The van der Waals surface area contributed by atoms with E-state index < -0.39 is 12.1 Å². The minimum Gasteiger partial charge on any atom is -0.465 e. The zero-order chi connectivity index (χ0) is 21.9. The fourth-order valence-electron chi connectivity index (χ4n) is 3.41. The van der Waals surface area contributed by atoms with E-state index in [1.54, 1.807) is 24.3 Å². The summed E-state index contributed by atoms with van der Waals surface area (Å²) >= 11 is 0. The van der Waals surface area contributed by atoms with Gasteiger partial charge in [-0.05, 0) is 18.6 Å². The summed E-state index contributed by atoms with van der Waals surface area (Å²) in [7, 11) is 1.28. The highest BCUT2D eigenvalue weighted by Crippen LogP contribution is 2.19. The van der Waals surface area contributed by atoms with Crippen LogP contribution in [0.5, 0.6) is 5.75 Å². The predicted molar refractivity (Wildman–Crippen MR) is 120 cm³/mol. The molecule has 0 atom stereocenters. The first-order valence-corrected chi connectivity index (χ1v) is 11.7. The topological polar surface area (TPSA) is 61.8 Å². The van der Waals surface area contributed by atoms with Gasteiger partial charge in [0.25, 0.3) is 0 Å². The highest BCUT2D eigenvalue weighted by atomic mass is 16.7. The van der Waals surface area contributed by atoms with E-state index in [0.717, 1.165) is 12.8 Å². The Balaban J connectivity index is 1.96. The van der Waals surface area contributed by atoms with Crippen molar-refractivity contribution >= 4 is 12.1 Å². The Kier molecular flexibility index (Phi) is 15.4. The molecule has 1 aromatic carbocycles. The Labute approximate surface area is 182 Å². The van der Waals surface area contributed by atoms with E-state index >= 15 is 0 Å². The first kappa shape index (κ1) is 26.0.